The number of rotatable bonds is 3. The third-order valence-electron chi connectivity index (χ3n) is 2.20. The van der Waals surface area contributed by atoms with E-state index in [0.717, 1.165) is 0 Å². The first kappa shape index (κ1) is 12.4. The molecule has 8 nitrogen and oxygen atoms in total. The van der Waals surface area contributed by atoms with Crippen molar-refractivity contribution in [1.29, 1.82) is 0 Å². The number of nitrogens with zero attached hydrogens (tertiary/aromatic N) is 3. The Morgan fingerprint density at radius 3 is 2.84 bits per heavy atom. The number of nitrogen functional groups attached to an aromatic ring is 1. The van der Waals surface area contributed by atoms with E-state index in [2.05, 4.69) is 15.3 Å². The molecule has 2 rings (SSSR count). The smallest absolute Gasteiger partial charge is 0.275 e. The van der Waals surface area contributed by atoms with Gasteiger partial charge in [-0.25, -0.2) is 4.98 Å². The SMILES string of the molecule is Nc1cncc(C(=O)Nc2cccc([N+](=O)[O-])c2)n1. The molecule has 0 saturated heterocycles. The van der Waals surface area contributed by atoms with Crippen LogP contribution in [0.2, 0.25) is 0 Å². The molecule has 0 aliphatic rings. The zero-order chi connectivity index (χ0) is 13.8. The maximum atomic E-state index is 11.8. The Hall–Kier alpha value is -3.03. The molecule has 1 aromatic heterocycles. The molecule has 19 heavy (non-hydrogen) atoms. The minimum Gasteiger partial charge on any atom is -0.382 e. The molecule has 8 heteroatoms. The number of benzene rings is 1. The molecule has 2 aromatic rings. The summed E-state index contributed by atoms with van der Waals surface area (Å²) in [4.78, 5) is 29.4. The predicted octanol–water partition coefficient (Wildman–Crippen LogP) is 1.22. The van der Waals surface area contributed by atoms with Gasteiger partial charge in [-0.05, 0) is 6.07 Å². The molecule has 96 valence electrons. The van der Waals surface area contributed by atoms with E-state index in [0.29, 0.717) is 5.69 Å². The number of non-ortho nitro benzene ring substituents is 1. The molecule has 0 spiro atoms. The fraction of sp³-hybridized carbons (Fsp3) is 0. The van der Waals surface area contributed by atoms with Crippen LogP contribution >= 0.6 is 0 Å². The van der Waals surface area contributed by atoms with Gasteiger partial charge >= 0.3 is 0 Å². The highest BCUT2D eigenvalue weighted by atomic mass is 16.6. The minimum absolute atomic E-state index is 0.0338. The number of carbonyl (C=O) groups is 1. The van der Waals surface area contributed by atoms with Crippen LogP contribution in [0.15, 0.2) is 36.7 Å². The molecular formula is C11H9N5O3. The molecule has 1 aromatic carbocycles. The number of nitro groups is 1. The Balaban J connectivity index is 2.19. The maximum absolute atomic E-state index is 11.8. The van der Waals surface area contributed by atoms with Crippen molar-refractivity contribution in [3.63, 3.8) is 0 Å². The second-order valence-electron chi connectivity index (χ2n) is 3.59. The van der Waals surface area contributed by atoms with E-state index in [9.17, 15) is 14.9 Å². The molecule has 1 amide bonds. The average molecular weight is 259 g/mol. The molecule has 0 aliphatic carbocycles. The van der Waals surface area contributed by atoms with Gasteiger partial charge in [-0.3, -0.25) is 19.9 Å². The standard InChI is InChI=1S/C11H9N5O3/c12-10-6-13-5-9(15-10)11(17)14-7-2-1-3-8(4-7)16(18)19/h1-6H,(H2,12,15)(H,14,17). The number of carbonyl (C=O) groups excluding carboxylic acids is 1. The van der Waals surface area contributed by atoms with E-state index in [1.165, 1.54) is 36.7 Å². The molecule has 3 N–H and O–H groups in total. The van der Waals surface area contributed by atoms with Crippen LogP contribution in [0.25, 0.3) is 0 Å². The van der Waals surface area contributed by atoms with Gasteiger partial charge in [0.05, 0.1) is 17.3 Å². The fourth-order valence-electron chi connectivity index (χ4n) is 1.38. The summed E-state index contributed by atoms with van der Waals surface area (Å²) in [6.45, 7) is 0. The third-order valence-corrected chi connectivity index (χ3v) is 2.20. The highest BCUT2D eigenvalue weighted by Crippen LogP contribution is 2.17. The maximum Gasteiger partial charge on any atom is 0.275 e. The summed E-state index contributed by atoms with van der Waals surface area (Å²) < 4.78 is 0. The molecule has 0 fully saturated rings. The second kappa shape index (κ2) is 5.08. The Bertz CT molecular complexity index is 644. The monoisotopic (exact) mass is 259 g/mol. The molecular weight excluding hydrogens is 250 g/mol. The molecule has 0 radical (unpaired) electrons. The number of anilines is 2. The average Bonchev–Trinajstić information content (AvgIpc) is 2.39. The van der Waals surface area contributed by atoms with Gasteiger partial charge in [-0.2, -0.15) is 0 Å². The van der Waals surface area contributed by atoms with Gasteiger partial charge in [0.15, 0.2) is 0 Å². The molecule has 0 atom stereocenters. The lowest BCUT2D eigenvalue weighted by Crippen LogP contribution is -2.14. The predicted molar refractivity (Wildman–Crippen MR) is 67.5 cm³/mol. The third kappa shape index (κ3) is 3.00. The van der Waals surface area contributed by atoms with E-state index >= 15 is 0 Å². The van der Waals surface area contributed by atoms with Crippen LogP contribution in [0.5, 0.6) is 0 Å². The normalized spacial score (nSPS) is 9.89. The van der Waals surface area contributed by atoms with Crippen molar-refractivity contribution in [3.8, 4) is 0 Å². The van der Waals surface area contributed by atoms with Crippen molar-refractivity contribution in [3.05, 3.63) is 52.5 Å². The fourth-order valence-corrected chi connectivity index (χ4v) is 1.38. The quantitative estimate of drug-likeness (QED) is 0.630. The van der Waals surface area contributed by atoms with Crippen molar-refractivity contribution in [2.75, 3.05) is 11.1 Å². The summed E-state index contributed by atoms with van der Waals surface area (Å²) in [5.74, 6) is -0.424. The summed E-state index contributed by atoms with van der Waals surface area (Å²) in [6, 6.07) is 5.58. The Morgan fingerprint density at radius 1 is 1.37 bits per heavy atom. The van der Waals surface area contributed by atoms with E-state index in [-0.39, 0.29) is 17.2 Å². The zero-order valence-electron chi connectivity index (χ0n) is 9.61. The van der Waals surface area contributed by atoms with Crippen molar-refractivity contribution in [2.24, 2.45) is 0 Å². The van der Waals surface area contributed by atoms with Gasteiger partial charge in [-0.15, -0.1) is 0 Å². The lowest BCUT2D eigenvalue weighted by Gasteiger charge is -2.04. The van der Waals surface area contributed by atoms with Gasteiger partial charge in [0.1, 0.15) is 11.5 Å². The number of hydrogen-bond donors (Lipinski definition) is 2. The number of aromatic nitrogens is 2. The van der Waals surface area contributed by atoms with Crippen LogP contribution in [0.1, 0.15) is 10.5 Å². The minimum atomic E-state index is -0.546. The molecule has 0 aliphatic heterocycles. The summed E-state index contributed by atoms with van der Waals surface area (Å²) >= 11 is 0. The van der Waals surface area contributed by atoms with E-state index in [1.54, 1.807) is 0 Å². The van der Waals surface area contributed by atoms with Crippen LogP contribution in [-0.4, -0.2) is 20.8 Å². The number of nitrogens with two attached hydrogens (primary N) is 1. The van der Waals surface area contributed by atoms with E-state index in [4.69, 9.17) is 5.73 Å². The molecule has 0 unspecified atom stereocenters. The number of hydrogen-bond acceptors (Lipinski definition) is 6. The van der Waals surface area contributed by atoms with Crippen LogP contribution in [0.4, 0.5) is 17.2 Å². The van der Waals surface area contributed by atoms with Gasteiger partial charge in [0, 0.05) is 17.8 Å². The Morgan fingerprint density at radius 2 is 2.16 bits per heavy atom. The molecule has 1 heterocycles. The summed E-state index contributed by atoms with van der Waals surface area (Å²) in [5, 5.41) is 13.1. The molecule has 0 saturated carbocycles. The molecule has 0 bridgehead atoms. The highest BCUT2D eigenvalue weighted by Gasteiger charge is 2.11. The van der Waals surface area contributed by atoms with Crippen LogP contribution < -0.4 is 11.1 Å². The van der Waals surface area contributed by atoms with Gasteiger partial charge in [0.2, 0.25) is 0 Å². The lowest BCUT2D eigenvalue weighted by atomic mass is 10.2. The summed E-state index contributed by atoms with van der Waals surface area (Å²) in [5.41, 5.74) is 5.62. The highest BCUT2D eigenvalue weighted by molar-refractivity contribution is 6.02. The lowest BCUT2D eigenvalue weighted by molar-refractivity contribution is -0.384. The summed E-state index contributed by atoms with van der Waals surface area (Å²) in [7, 11) is 0. The topological polar surface area (TPSA) is 124 Å². The summed E-state index contributed by atoms with van der Waals surface area (Å²) in [6.07, 6.45) is 2.56. The van der Waals surface area contributed by atoms with E-state index < -0.39 is 10.8 Å². The van der Waals surface area contributed by atoms with Crippen LogP contribution in [0.3, 0.4) is 0 Å². The first-order chi connectivity index (χ1) is 9.06. The second-order valence-corrected chi connectivity index (χ2v) is 3.59. The first-order valence-corrected chi connectivity index (χ1v) is 5.19. The first-order valence-electron chi connectivity index (χ1n) is 5.19. The van der Waals surface area contributed by atoms with Crippen molar-refractivity contribution in [1.82, 2.24) is 9.97 Å². The largest absolute Gasteiger partial charge is 0.382 e. The van der Waals surface area contributed by atoms with Gasteiger partial charge in [0.25, 0.3) is 11.6 Å². The van der Waals surface area contributed by atoms with Crippen LogP contribution in [0, 0.1) is 10.1 Å². The zero-order valence-corrected chi connectivity index (χ0v) is 9.61. The van der Waals surface area contributed by atoms with Gasteiger partial charge in [-0.1, -0.05) is 6.07 Å². The van der Waals surface area contributed by atoms with E-state index in [1.807, 2.05) is 0 Å². The number of nitro benzene ring substituents is 1. The van der Waals surface area contributed by atoms with Crippen molar-refractivity contribution < 1.29 is 9.72 Å². The number of nitrogens with one attached hydrogen (secondary N) is 1. The van der Waals surface area contributed by atoms with Crippen LogP contribution in [-0.2, 0) is 0 Å². The number of amides is 1. The Kier molecular flexibility index (Phi) is 3.33. The Labute approximate surface area is 107 Å². The van der Waals surface area contributed by atoms with Crippen molar-refractivity contribution in [2.45, 2.75) is 0 Å². The van der Waals surface area contributed by atoms with Crippen molar-refractivity contribution >= 4 is 23.1 Å². The van der Waals surface area contributed by atoms with Gasteiger partial charge < -0.3 is 11.1 Å².